The van der Waals surface area contributed by atoms with Crippen LogP contribution in [0.5, 0.6) is 0 Å². The first kappa shape index (κ1) is 27.9. The Morgan fingerprint density at radius 1 is 0.388 bits per heavy atom. The van der Waals surface area contributed by atoms with E-state index in [0.29, 0.717) is 0 Å². The third-order valence-electron chi connectivity index (χ3n) is 9.76. The molecule has 2 heterocycles. The van der Waals surface area contributed by atoms with Crippen LogP contribution < -0.4 is 4.90 Å². The van der Waals surface area contributed by atoms with E-state index in [4.69, 9.17) is 0 Å². The van der Waals surface area contributed by atoms with Gasteiger partial charge in [-0.05, 0) is 88.6 Å². The summed E-state index contributed by atoms with van der Waals surface area (Å²) in [6.45, 7) is 0. The van der Waals surface area contributed by atoms with Crippen molar-refractivity contribution in [3.8, 4) is 16.8 Å². The number of thiophene rings is 1. The molecule has 0 aliphatic heterocycles. The van der Waals surface area contributed by atoms with Crippen LogP contribution in [-0.2, 0) is 0 Å². The van der Waals surface area contributed by atoms with Gasteiger partial charge in [-0.25, -0.2) is 0 Å². The zero-order valence-electron chi connectivity index (χ0n) is 26.6. The molecule has 3 heteroatoms. The molecule has 0 spiro atoms. The van der Waals surface area contributed by atoms with Gasteiger partial charge in [0.1, 0.15) is 0 Å². The molecule has 0 aliphatic rings. The monoisotopic (exact) mass is 642 g/mol. The summed E-state index contributed by atoms with van der Waals surface area (Å²) in [5.74, 6) is 0. The van der Waals surface area contributed by atoms with Gasteiger partial charge in [-0.1, -0.05) is 115 Å². The average molecular weight is 643 g/mol. The number of nitrogens with zero attached hydrogens (tertiary/aromatic N) is 2. The summed E-state index contributed by atoms with van der Waals surface area (Å²) < 4.78 is 5.04. The number of hydrogen-bond acceptors (Lipinski definition) is 2. The molecule has 2 aromatic heterocycles. The van der Waals surface area contributed by atoms with Crippen LogP contribution in [0.15, 0.2) is 182 Å². The molecular formula is C46H30N2S. The summed E-state index contributed by atoms with van der Waals surface area (Å²) in [5.41, 5.74) is 9.33. The van der Waals surface area contributed by atoms with Crippen LogP contribution in [0, 0.1) is 0 Å². The maximum atomic E-state index is 2.42. The second kappa shape index (κ2) is 11.2. The third-order valence-corrected chi connectivity index (χ3v) is 10.9. The fourth-order valence-electron chi connectivity index (χ4n) is 7.50. The molecule has 0 atom stereocenters. The van der Waals surface area contributed by atoms with Gasteiger partial charge in [-0.15, -0.1) is 11.3 Å². The van der Waals surface area contributed by atoms with Crippen LogP contribution in [0.1, 0.15) is 0 Å². The van der Waals surface area contributed by atoms with Gasteiger partial charge in [0, 0.05) is 53.7 Å². The zero-order valence-corrected chi connectivity index (χ0v) is 27.4. The van der Waals surface area contributed by atoms with Crippen molar-refractivity contribution < 1.29 is 0 Å². The number of rotatable bonds is 5. The van der Waals surface area contributed by atoms with Crippen molar-refractivity contribution >= 4 is 81.1 Å². The summed E-state index contributed by atoms with van der Waals surface area (Å²) >= 11 is 1.86. The molecule has 0 bridgehead atoms. The quantitative estimate of drug-likeness (QED) is 0.181. The molecule has 0 fully saturated rings. The molecule has 0 radical (unpaired) electrons. The molecule has 0 unspecified atom stereocenters. The normalized spacial score (nSPS) is 11.7. The Bertz CT molecular complexity index is 2810. The fraction of sp³-hybridized carbons (Fsp3) is 0. The minimum Gasteiger partial charge on any atom is -0.310 e. The summed E-state index contributed by atoms with van der Waals surface area (Å²) in [6, 6.07) is 66.2. The topological polar surface area (TPSA) is 8.17 Å². The van der Waals surface area contributed by atoms with E-state index in [9.17, 15) is 0 Å². The first-order chi connectivity index (χ1) is 24.3. The predicted molar refractivity (Wildman–Crippen MR) is 211 cm³/mol. The average Bonchev–Trinajstić information content (AvgIpc) is 3.71. The van der Waals surface area contributed by atoms with Crippen molar-refractivity contribution in [3.63, 3.8) is 0 Å². The number of hydrogen-bond donors (Lipinski definition) is 0. The van der Waals surface area contributed by atoms with Crippen LogP contribution in [-0.4, -0.2) is 4.57 Å². The number of benzene rings is 8. The van der Waals surface area contributed by atoms with Crippen molar-refractivity contribution in [2.45, 2.75) is 0 Å². The van der Waals surface area contributed by atoms with E-state index >= 15 is 0 Å². The number of para-hydroxylation sites is 1. The highest BCUT2D eigenvalue weighted by Gasteiger charge is 2.20. The van der Waals surface area contributed by atoms with Crippen molar-refractivity contribution in [3.05, 3.63) is 182 Å². The lowest BCUT2D eigenvalue weighted by atomic mass is 10.0. The minimum atomic E-state index is 1.11. The lowest BCUT2D eigenvalue weighted by Crippen LogP contribution is -2.10. The van der Waals surface area contributed by atoms with E-state index in [-0.39, 0.29) is 0 Å². The van der Waals surface area contributed by atoms with Gasteiger partial charge in [0.05, 0.1) is 11.0 Å². The van der Waals surface area contributed by atoms with Crippen molar-refractivity contribution in [1.29, 1.82) is 0 Å². The second-order valence-corrected chi connectivity index (χ2v) is 13.7. The van der Waals surface area contributed by atoms with Crippen molar-refractivity contribution in [1.82, 2.24) is 4.57 Å². The van der Waals surface area contributed by atoms with Crippen LogP contribution in [0.3, 0.4) is 0 Å². The molecule has 0 aliphatic carbocycles. The van der Waals surface area contributed by atoms with E-state index in [1.54, 1.807) is 0 Å². The molecule has 0 saturated carbocycles. The number of anilines is 3. The smallest absolute Gasteiger partial charge is 0.0562 e. The lowest BCUT2D eigenvalue weighted by molar-refractivity contribution is 1.18. The van der Waals surface area contributed by atoms with E-state index in [1.807, 2.05) is 11.3 Å². The Hall–Kier alpha value is -6.16. The molecule has 230 valence electrons. The third kappa shape index (κ3) is 4.55. The molecule has 10 aromatic rings. The Kier molecular flexibility index (Phi) is 6.39. The highest BCUT2D eigenvalue weighted by atomic mass is 32.1. The Labute approximate surface area is 288 Å². The zero-order chi connectivity index (χ0) is 32.3. The van der Waals surface area contributed by atoms with Crippen LogP contribution >= 0.6 is 11.3 Å². The summed E-state index contributed by atoms with van der Waals surface area (Å²) in [4.78, 5) is 2.41. The van der Waals surface area contributed by atoms with Gasteiger partial charge in [-0.3, -0.25) is 0 Å². The fourth-order valence-corrected chi connectivity index (χ4v) is 8.59. The highest BCUT2D eigenvalue weighted by Crippen LogP contribution is 2.44. The molecule has 10 rings (SSSR count). The molecule has 0 N–H and O–H groups in total. The van der Waals surface area contributed by atoms with Gasteiger partial charge in [-0.2, -0.15) is 0 Å². The summed E-state index contributed by atoms with van der Waals surface area (Å²) in [6.07, 6.45) is 0. The Morgan fingerprint density at radius 3 is 1.86 bits per heavy atom. The molecule has 0 saturated heterocycles. The van der Waals surface area contributed by atoms with Crippen molar-refractivity contribution in [2.75, 3.05) is 4.90 Å². The minimum absolute atomic E-state index is 1.11. The highest BCUT2D eigenvalue weighted by molar-refractivity contribution is 7.25. The summed E-state index contributed by atoms with van der Waals surface area (Å²) in [7, 11) is 0. The first-order valence-corrected chi connectivity index (χ1v) is 17.5. The van der Waals surface area contributed by atoms with Crippen LogP contribution in [0.25, 0.3) is 69.6 Å². The summed E-state index contributed by atoms with van der Waals surface area (Å²) in [5, 5.41) is 7.65. The maximum Gasteiger partial charge on any atom is 0.0562 e. The van der Waals surface area contributed by atoms with Gasteiger partial charge in [0.15, 0.2) is 0 Å². The second-order valence-electron chi connectivity index (χ2n) is 12.6. The lowest BCUT2D eigenvalue weighted by Gasteiger charge is -2.26. The standard InChI is InChI=1S/C46H30N2S/c1-3-11-31(12-4-1)32-19-22-35(23-20-32)47(36-25-28-45-41(29-36)39-17-9-10-18-44(39)49-45)37-24-26-40-43(30-37)48(34-14-5-2-6-15-34)42-27-21-33-13-7-8-16-38(33)46(40)42/h1-30H. The maximum absolute atomic E-state index is 2.42. The van der Waals surface area contributed by atoms with Crippen LogP contribution in [0.2, 0.25) is 0 Å². The SMILES string of the molecule is c1ccc(-c2ccc(N(c3ccc4sc5ccccc5c4c3)c3ccc4c5c6ccccc6ccc5n(-c5ccccc5)c4c3)cc2)cc1. The van der Waals surface area contributed by atoms with E-state index in [0.717, 1.165) is 22.7 Å². The Morgan fingerprint density at radius 2 is 1.02 bits per heavy atom. The Balaban J connectivity index is 1.23. The van der Waals surface area contributed by atoms with Crippen LogP contribution in [0.4, 0.5) is 17.1 Å². The van der Waals surface area contributed by atoms with E-state index in [1.165, 1.54) is 63.9 Å². The first-order valence-electron chi connectivity index (χ1n) is 16.7. The van der Waals surface area contributed by atoms with Gasteiger partial charge in [0.2, 0.25) is 0 Å². The van der Waals surface area contributed by atoms with E-state index in [2.05, 4.69) is 191 Å². The molecule has 8 aromatic carbocycles. The van der Waals surface area contributed by atoms with E-state index < -0.39 is 0 Å². The predicted octanol–water partition coefficient (Wildman–Crippen LogP) is 13.4. The van der Waals surface area contributed by atoms with Crippen molar-refractivity contribution in [2.24, 2.45) is 0 Å². The van der Waals surface area contributed by atoms with Gasteiger partial charge in [0.25, 0.3) is 0 Å². The molecular weight excluding hydrogens is 613 g/mol. The van der Waals surface area contributed by atoms with Gasteiger partial charge >= 0.3 is 0 Å². The molecule has 2 nitrogen and oxygen atoms in total. The number of aromatic nitrogens is 1. The largest absolute Gasteiger partial charge is 0.310 e. The van der Waals surface area contributed by atoms with Gasteiger partial charge < -0.3 is 9.47 Å². The molecule has 0 amide bonds. The number of fused-ring (bicyclic) bond motifs is 8. The molecule has 49 heavy (non-hydrogen) atoms.